The van der Waals surface area contributed by atoms with E-state index in [0.29, 0.717) is 4.77 Å². The number of nitrogens with one attached hydrogen (secondary N) is 1. The van der Waals surface area contributed by atoms with Crippen LogP contribution in [0, 0.1) is 10.6 Å². The summed E-state index contributed by atoms with van der Waals surface area (Å²) in [5.74, 6) is -0.242. The maximum atomic E-state index is 12.9. The second-order valence-corrected chi connectivity index (χ2v) is 5.43. The molecule has 2 nitrogen and oxygen atoms in total. The normalized spacial score (nSPS) is 11.8. The number of aromatic nitrogens is 2. The maximum Gasteiger partial charge on any atom is 0.182 e. The first-order chi connectivity index (χ1) is 7.89. The summed E-state index contributed by atoms with van der Waals surface area (Å²) in [6.07, 6.45) is 1.91. The highest BCUT2D eigenvalue weighted by molar-refractivity contribution is 7.71. The Kier molecular flexibility index (Phi) is 2.91. The zero-order chi connectivity index (χ0) is 12.6. The standard InChI is InChI=1S/C13H15FN2S/c1-13(2,3)11-8-15-12(17)16(11)10-6-4-9(14)5-7-10/h4-8H,1-3H3,(H,15,17). The molecule has 0 aliphatic heterocycles. The summed E-state index contributed by atoms with van der Waals surface area (Å²) in [6.45, 7) is 6.35. The van der Waals surface area contributed by atoms with E-state index < -0.39 is 0 Å². The number of benzene rings is 1. The van der Waals surface area contributed by atoms with Gasteiger partial charge in [-0.2, -0.15) is 0 Å². The lowest BCUT2D eigenvalue weighted by Crippen LogP contribution is -2.16. The van der Waals surface area contributed by atoms with Gasteiger partial charge in [0.2, 0.25) is 0 Å². The molecule has 0 spiro atoms. The maximum absolute atomic E-state index is 12.9. The van der Waals surface area contributed by atoms with Crippen LogP contribution in [0.5, 0.6) is 0 Å². The molecule has 0 saturated carbocycles. The molecule has 1 aromatic heterocycles. The Labute approximate surface area is 105 Å². The van der Waals surface area contributed by atoms with Crippen LogP contribution in [0.4, 0.5) is 4.39 Å². The number of hydrogen-bond donors (Lipinski definition) is 1. The Hall–Kier alpha value is -1.42. The van der Waals surface area contributed by atoms with Crippen molar-refractivity contribution in [2.45, 2.75) is 26.2 Å². The first kappa shape index (κ1) is 12.0. The molecule has 4 heteroatoms. The first-order valence-corrected chi connectivity index (χ1v) is 5.87. The van der Waals surface area contributed by atoms with Crippen molar-refractivity contribution in [3.63, 3.8) is 0 Å². The van der Waals surface area contributed by atoms with Crippen molar-refractivity contribution in [1.82, 2.24) is 9.55 Å². The summed E-state index contributed by atoms with van der Waals surface area (Å²) < 4.78 is 15.5. The van der Waals surface area contributed by atoms with Gasteiger partial charge in [0.1, 0.15) is 5.82 Å². The third-order valence-electron chi connectivity index (χ3n) is 2.63. The smallest absolute Gasteiger partial charge is 0.182 e. The molecule has 2 rings (SSSR count). The molecular formula is C13H15FN2S. The largest absolute Gasteiger partial charge is 0.337 e. The number of rotatable bonds is 1. The van der Waals surface area contributed by atoms with Crippen LogP contribution in [-0.4, -0.2) is 9.55 Å². The molecule has 0 aliphatic carbocycles. The summed E-state index contributed by atoms with van der Waals surface area (Å²) in [7, 11) is 0. The van der Waals surface area contributed by atoms with E-state index in [-0.39, 0.29) is 11.2 Å². The van der Waals surface area contributed by atoms with Gasteiger partial charge in [-0.3, -0.25) is 4.57 Å². The molecule has 0 atom stereocenters. The highest BCUT2D eigenvalue weighted by Crippen LogP contribution is 2.25. The van der Waals surface area contributed by atoms with Crippen molar-refractivity contribution in [2.24, 2.45) is 0 Å². The Morgan fingerprint density at radius 2 is 1.76 bits per heavy atom. The van der Waals surface area contributed by atoms with Gasteiger partial charge in [0.05, 0.1) is 0 Å². The van der Waals surface area contributed by atoms with Gasteiger partial charge in [0, 0.05) is 23.0 Å². The van der Waals surface area contributed by atoms with Crippen LogP contribution in [0.25, 0.3) is 5.69 Å². The summed E-state index contributed by atoms with van der Waals surface area (Å²) in [5, 5.41) is 0. The number of imidazole rings is 1. The Morgan fingerprint density at radius 1 is 1.18 bits per heavy atom. The van der Waals surface area contributed by atoms with Crippen molar-refractivity contribution in [1.29, 1.82) is 0 Å². The van der Waals surface area contributed by atoms with Gasteiger partial charge in [-0.25, -0.2) is 4.39 Å². The number of aromatic amines is 1. The molecule has 0 saturated heterocycles. The molecule has 0 fully saturated rings. The second kappa shape index (κ2) is 4.11. The third kappa shape index (κ3) is 2.31. The van der Waals surface area contributed by atoms with Crippen LogP contribution in [0.3, 0.4) is 0 Å². The number of hydrogen-bond acceptors (Lipinski definition) is 1. The molecule has 17 heavy (non-hydrogen) atoms. The number of nitrogens with zero attached hydrogens (tertiary/aromatic N) is 1. The van der Waals surface area contributed by atoms with Gasteiger partial charge in [-0.15, -0.1) is 0 Å². The molecule has 1 heterocycles. The average molecular weight is 250 g/mol. The number of halogens is 1. The molecule has 1 aromatic carbocycles. The van der Waals surface area contributed by atoms with Gasteiger partial charge in [-0.1, -0.05) is 20.8 Å². The lowest BCUT2D eigenvalue weighted by Gasteiger charge is -2.20. The van der Waals surface area contributed by atoms with E-state index in [9.17, 15) is 4.39 Å². The zero-order valence-corrected chi connectivity index (χ0v) is 10.9. The van der Waals surface area contributed by atoms with Gasteiger partial charge >= 0.3 is 0 Å². The molecule has 90 valence electrons. The molecule has 0 radical (unpaired) electrons. The van der Waals surface area contributed by atoms with Crippen LogP contribution in [0.1, 0.15) is 26.5 Å². The molecule has 0 amide bonds. The molecule has 2 aromatic rings. The average Bonchev–Trinajstić information content (AvgIpc) is 2.61. The van der Waals surface area contributed by atoms with E-state index in [2.05, 4.69) is 25.8 Å². The van der Waals surface area contributed by atoms with E-state index in [1.165, 1.54) is 12.1 Å². The minimum atomic E-state index is -0.242. The van der Waals surface area contributed by atoms with Crippen molar-refractivity contribution in [2.75, 3.05) is 0 Å². The summed E-state index contributed by atoms with van der Waals surface area (Å²) >= 11 is 5.27. The van der Waals surface area contributed by atoms with Gasteiger partial charge < -0.3 is 4.98 Å². The fourth-order valence-electron chi connectivity index (χ4n) is 1.77. The summed E-state index contributed by atoms with van der Waals surface area (Å²) in [5.41, 5.74) is 1.93. The van der Waals surface area contributed by atoms with Gasteiger partial charge in [-0.05, 0) is 36.5 Å². The van der Waals surface area contributed by atoms with Crippen LogP contribution in [0.15, 0.2) is 30.5 Å². The molecule has 0 aliphatic rings. The SMILES string of the molecule is CC(C)(C)c1c[nH]c(=S)n1-c1ccc(F)cc1. The predicted octanol–water partition coefficient (Wildman–Crippen LogP) is 3.97. The highest BCUT2D eigenvalue weighted by Gasteiger charge is 2.19. The fourth-order valence-corrected chi connectivity index (χ4v) is 2.03. The van der Waals surface area contributed by atoms with Crippen molar-refractivity contribution in [3.05, 3.63) is 46.7 Å². The first-order valence-electron chi connectivity index (χ1n) is 5.46. The highest BCUT2D eigenvalue weighted by atomic mass is 32.1. The minimum absolute atomic E-state index is 0.0258. The minimum Gasteiger partial charge on any atom is -0.337 e. The second-order valence-electron chi connectivity index (χ2n) is 5.04. The Bertz CT molecular complexity index is 573. The van der Waals surface area contributed by atoms with E-state index in [1.807, 2.05) is 10.8 Å². The molecular weight excluding hydrogens is 235 g/mol. The zero-order valence-electron chi connectivity index (χ0n) is 10.1. The predicted molar refractivity (Wildman–Crippen MR) is 69.6 cm³/mol. The monoisotopic (exact) mass is 250 g/mol. The van der Waals surface area contributed by atoms with Crippen LogP contribution in [-0.2, 0) is 5.41 Å². The summed E-state index contributed by atoms with van der Waals surface area (Å²) in [4.78, 5) is 3.04. The third-order valence-corrected chi connectivity index (χ3v) is 2.93. The quantitative estimate of drug-likeness (QED) is 0.759. The van der Waals surface area contributed by atoms with Crippen molar-refractivity contribution in [3.8, 4) is 5.69 Å². The molecule has 0 unspecified atom stereocenters. The summed E-state index contributed by atoms with van der Waals surface area (Å²) in [6, 6.07) is 6.34. The number of H-pyrrole nitrogens is 1. The molecule has 0 bridgehead atoms. The molecule has 1 N–H and O–H groups in total. The lowest BCUT2D eigenvalue weighted by molar-refractivity contribution is 0.555. The van der Waals surface area contributed by atoms with E-state index in [0.717, 1.165) is 11.4 Å². The Balaban J connectivity index is 2.63. The topological polar surface area (TPSA) is 20.7 Å². The van der Waals surface area contributed by atoms with Crippen LogP contribution < -0.4 is 0 Å². The van der Waals surface area contributed by atoms with Gasteiger partial charge in [0.15, 0.2) is 4.77 Å². The van der Waals surface area contributed by atoms with Gasteiger partial charge in [0.25, 0.3) is 0 Å². The van der Waals surface area contributed by atoms with E-state index >= 15 is 0 Å². The Morgan fingerprint density at radius 3 is 2.29 bits per heavy atom. The van der Waals surface area contributed by atoms with Crippen molar-refractivity contribution < 1.29 is 4.39 Å². The fraction of sp³-hybridized carbons (Fsp3) is 0.308. The van der Waals surface area contributed by atoms with Crippen LogP contribution in [0.2, 0.25) is 0 Å². The van der Waals surface area contributed by atoms with Crippen molar-refractivity contribution >= 4 is 12.2 Å². The van der Waals surface area contributed by atoms with E-state index in [1.54, 1.807) is 12.1 Å². The van der Waals surface area contributed by atoms with E-state index in [4.69, 9.17) is 12.2 Å². The lowest BCUT2D eigenvalue weighted by atomic mass is 9.92. The van der Waals surface area contributed by atoms with Crippen LogP contribution >= 0.6 is 12.2 Å².